The summed E-state index contributed by atoms with van der Waals surface area (Å²) in [6, 6.07) is 12.1. The van der Waals surface area contributed by atoms with Crippen LogP contribution < -0.4 is 15.5 Å². The number of rotatable bonds is 12. The quantitative estimate of drug-likeness (QED) is 0.201. The second-order valence-electron chi connectivity index (χ2n) is 9.71. The fourth-order valence-corrected chi connectivity index (χ4v) is 5.82. The predicted molar refractivity (Wildman–Crippen MR) is 161 cm³/mol. The molecular formula is C28H43N6O4P. The molecule has 39 heavy (non-hydrogen) atoms. The van der Waals surface area contributed by atoms with E-state index in [-0.39, 0.29) is 0 Å². The van der Waals surface area contributed by atoms with Crippen molar-refractivity contribution in [1.29, 1.82) is 0 Å². The third-order valence-electron chi connectivity index (χ3n) is 6.17. The van der Waals surface area contributed by atoms with Crippen molar-refractivity contribution in [3.8, 4) is 0 Å². The number of aldehydes is 1. The Bertz CT molecular complexity index is 1220. The average molecular weight is 559 g/mol. The molecule has 3 heterocycles. The number of hydrogen-bond acceptors (Lipinski definition) is 9. The molecule has 0 bridgehead atoms. The van der Waals surface area contributed by atoms with Crippen LogP contribution in [0.2, 0.25) is 0 Å². The molecule has 0 radical (unpaired) electrons. The molecule has 0 saturated carbocycles. The molecule has 0 spiro atoms. The number of pyridine rings is 1. The van der Waals surface area contributed by atoms with Crippen LogP contribution in [0.15, 0.2) is 42.6 Å². The lowest BCUT2D eigenvalue weighted by Gasteiger charge is -2.34. The maximum absolute atomic E-state index is 12.3. The number of fused-ring (bicyclic) bond motifs is 1. The second kappa shape index (κ2) is 15.0. The van der Waals surface area contributed by atoms with Crippen LogP contribution in [0.25, 0.3) is 10.9 Å². The molecule has 1 saturated heterocycles. The number of anilines is 3. The molecule has 2 aromatic heterocycles. The standard InChI is InChI=1S/C15H21N2O4P.C13H22N4/c1-3-20-22(19,21-4-2)8-7-16-13-5-6-15-12(9-13)10-14(11-18)17-15;1-11(2)15-12-5-4-6-14-13(12)17-9-7-16(3)8-10-17/h5-6,9-11,16-17H,3-4,7-8H2,1-2H3;4-6,11,15H,7-10H2,1-3H3. The van der Waals surface area contributed by atoms with Crippen LogP contribution in [-0.4, -0.2) is 86.3 Å². The normalized spacial score (nSPS) is 14.3. The predicted octanol–water partition coefficient (Wildman–Crippen LogP) is 5.31. The lowest BCUT2D eigenvalue weighted by molar-refractivity contribution is 0.111. The number of carbonyl (C=O) groups excluding carboxylic acids is 1. The minimum Gasteiger partial charge on any atom is -0.384 e. The molecule has 0 amide bonds. The van der Waals surface area contributed by atoms with Crippen LogP contribution in [0, 0.1) is 0 Å². The Kier molecular flexibility index (Phi) is 11.8. The molecule has 1 aliphatic rings. The van der Waals surface area contributed by atoms with E-state index >= 15 is 0 Å². The molecule has 11 heteroatoms. The van der Waals surface area contributed by atoms with Gasteiger partial charge in [0.2, 0.25) is 0 Å². The van der Waals surface area contributed by atoms with Gasteiger partial charge in [0.05, 0.1) is 30.8 Å². The summed E-state index contributed by atoms with van der Waals surface area (Å²) in [7, 11) is -0.850. The molecule has 3 N–H and O–H groups in total. The maximum atomic E-state index is 12.3. The first-order valence-corrected chi connectivity index (χ1v) is 15.3. The summed E-state index contributed by atoms with van der Waals surface area (Å²) in [5.41, 5.74) is 3.49. The van der Waals surface area contributed by atoms with Crippen LogP contribution in [0.4, 0.5) is 17.2 Å². The van der Waals surface area contributed by atoms with E-state index in [1.54, 1.807) is 19.9 Å². The first kappa shape index (κ1) is 30.6. The Balaban J connectivity index is 0.000000223. The highest BCUT2D eigenvalue weighted by Gasteiger charge is 2.22. The topological polar surface area (TPSA) is 112 Å². The summed E-state index contributed by atoms with van der Waals surface area (Å²) in [4.78, 5) is 23.0. The van der Waals surface area contributed by atoms with Gasteiger partial charge in [0.25, 0.3) is 0 Å². The summed E-state index contributed by atoms with van der Waals surface area (Å²) in [5, 5.41) is 7.62. The zero-order valence-corrected chi connectivity index (χ0v) is 24.7. The average Bonchev–Trinajstić information content (AvgIpc) is 3.33. The number of hydrogen-bond donors (Lipinski definition) is 3. The lowest BCUT2D eigenvalue weighted by atomic mass is 10.2. The van der Waals surface area contributed by atoms with Crippen LogP contribution in [0.3, 0.4) is 0 Å². The number of H-pyrrole nitrogens is 1. The van der Waals surface area contributed by atoms with Gasteiger partial charge in [-0.1, -0.05) is 0 Å². The molecule has 4 rings (SSSR count). The van der Waals surface area contributed by atoms with Crippen molar-refractivity contribution in [3.05, 3.63) is 48.3 Å². The van der Waals surface area contributed by atoms with E-state index in [1.807, 2.05) is 30.5 Å². The molecule has 3 aromatic rings. The lowest BCUT2D eigenvalue weighted by Crippen LogP contribution is -2.45. The van der Waals surface area contributed by atoms with Crippen molar-refractivity contribution in [3.63, 3.8) is 0 Å². The Morgan fingerprint density at radius 3 is 2.46 bits per heavy atom. The molecule has 1 fully saturated rings. The highest BCUT2D eigenvalue weighted by molar-refractivity contribution is 7.53. The summed E-state index contributed by atoms with van der Waals surface area (Å²) in [5.74, 6) is 1.09. The fourth-order valence-electron chi connectivity index (χ4n) is 4.32. The molecule has 0 unspecified atom stereocenters. The Morgan fingerprint density at radius 2 is 1.82 bits per heavy atom. The third-order valence-corrected chi connectivity index (χ3v) is 8.24. The molecule has 214 valence electrons. The van der Waals surface area contributed by atoms with Gasteiger partial charge in [-0.2, -0.15) is 0 Å². The van der Waals surface area contributed by atoms with Crippen LogP contribution in [0.5, 0.6) is 0 Å². The monoisotopic (exact) mass is 558 g/mol. The Morgan fingerprint density at radius 1 is 1.10 bits per heavy atom. The van der Waals surface area contributed by atoms with Gasteiger partial charge in [0, 0.05) is 61.6 Å². The molecule has 0 aliphatic carbocycles. The van der Waals surface area contributed by atoms with Gasteiger partial charge in [-0.3, -0.25) is 9.36 Å². The van der Waals surface area contributed by atoms with Gasteiger partial charge >= 0.3 is 7.60 Å². The van der Waals surface area contributed by atoms with Crippen molar-refractivity contribution in [2.24, 2.45) is 0 Å². The largest absolute Gasteiger partial charge is 0.384 e. The molecule has 0 atom stereocenters. The number of aromatic amines is 1. The van der Waals surface area contributed by atoms with Crippen molar-refractivity contribution >= 4 is 42.0 Å². The number of aromatic nitrogens is 2. The van der Waals surface area contributed by atoms with E-state index in [1.165, 1.54) is 0 Å². The van der Waals surface area contributed by atoms with Gasteiger partial charge in [-0.05, 0) is 71.1 Å². The Labute approximate surface area is 232 Å². The van der Waals surface area contributed by atoms with E-state index in [0.717, 1.165) is 60.6 Å². The number of carbonyl (C=O) groups is 1. The van der Waals surface area contributed by atoms with E-state index < -0.39 is 7.60 Å². The minimum absolute atomic E-state index is 0.305. The third kappa shape index (κ3) is 9.35. The van der Waals surface area contributed by atoms with Crippen molar-refractivity contribution in [1.82, 2.24) is 14.9 Å². The van der Waals surface area contributed by atoms with Gasteiger partial charge in [0.1, 0.15) is 0 Å². The van der Waals surface area contributed by atoms with Crippen molar-refractivity contribution < 1.29 is 18.4 Å². The second-order valence-corrected chi connectivity index (χ2v) is 11.9. The van der Waals surface area contributed by atoms with E-state index in [0.29, 0.717) is 37.7 Å². The van der Waals surface area contributed by atoms with Gasteiger partial charge in [-0.25, -0.2) is 4.98 Å². The highest BCUT2D eigenvalue weighted by atomic mass is 31.2. The van der Waals surface area contributed by atoms with Gasteiger partial charge in [0.15, 0.2) is 12.1 Å². The van der Waals surface area contributed by atoms with E-state index in [2.05, 4.69) is 57.4 Å². The van der Waals surface area contributed by atoms with E-state index in [9.17, 15) is 9.36 Å². The Hall–Kier alpha value is -2.91. The van der Waals surface area contributed by atoms with Gasteiger partial charge < -0.3 is 34.5 Å². The summed E-state index contributed by atoms with van der Waals surface area (Å²) in [6.07, 6.45) is 2.96. The smallest absolute Gasteiger partial charge is 0.332 e. The zero-order chi connectivity index (χ0) is 28.3. The number of benzene rings is 1. The van der Waals surface area contributed by atoms with Crippen LogP contribution in [0.1, 0.15) is 38.2 Å². The zero-order valence-electron chi connectivity index (χ0n) is 23.8. The number of nitrogens with zero attached hydrogens (tertiary/aromatic N) is 3. The summed E-state index contributed by atoms with van der Waals surface area (Å²) < 4.78 is 22.8. The molecule has 10 nitrogen and oxygen atoms in total. The van der Waals surface area contributed by atoms with Crippen molar-refractivity contribution in [2.75, 3.05) is 74.7 Å². The first-order chi connectivity index (χ1) is 18.8. The summed E-state index contributed by atoms with van der Waals surface area (Å²) in [6.45, 7) is 13.4. The van der Waals surface area contributed by atoms with Gasteiger partial charge in [-0.15, -0.1) is 0 Å². The minimum atomic E-state index is -3.02. The van der Waals surface area contributed by atoms with E-state index in [4.69, 9.17) is 9.05 Å². The molecular weight excluding hydrogens is 515 g/mol. The van der Waals surface area contributed by atoms with Crippen LogP contribution in [-0.2, 0) is 13.6 Å². The first-order valence-electron chi connectivity index (χ1n) is 13.6. The SMILES string of the molecule is CC(C)Nc1cccnc1N1CCN(C)CC1.CCOP(=O)(CCNc1ccc2[nH]c(C=O)cc2c1)OCC. The molecule has 1 aliphatic heterocycles. The fraction of sp³-hybridized carbons (Fsp3) is 0.500. The number of piperazine rings is 1. The number of likely N-dealkylation sites (N-methyl/N-ethyl adjacent to an activating group) is 1. The van der Waals surface area contributed by atoms with Crippen molar-refractivity contribution in [2.45, 2.75) is 33.7 Å². The number of nitrogens with one attached hydrogen (secondary N) is 3. The van der Waals surface area contributed by atoms with Crippen LogP contribution >= 0.6 is 7.60 Å². The summed E-state index contributed by atoms with van der Waals surface area (Å²) >= 11 is 0. The molecule has 1 aromatic carbocycles. The highest BCUT2D eigenvalue weighted by Crippen LogP contribution is 2.47. The maximum Gasteiger partial charge on any atom is 0.332 e.